The second-order valence-corrected chi connectivity index (χ2v) is 4.99. The van der Waals surface area contributed by atoms with Gasteiger partial charge in [0.2, 0.25) is 5.28 Å². The zero-order valence-corrected chi connectivity index (χ0v) is 10.4. The average Bonchev–Trinajstić information content (AvgIpc) is 2.70. The highest BCUT2D eigenvalue weighted by atomic mass is 35.5. The molecule has 0 spiro atoms. The van der Waals surface area contributed by atoms with Gasteiger partial charge in [-0.3, -0.25) is 0 Å². The third-order valence-corrected chi connectivity index (χ3v) is 3.42. The number of anilines is 2. The number of hydrogen-bond donors (Lipinski definition) is 1. The first-order valence-corrected chi connectivity index (χ1v) is 5.98. The van der Waals surface area contributed by atoms with Crippen LogP contribution in [0, 0.1) is 11.8 Å². The highest BCUT2D eigenvalue weighted by Crippen LogP contribution is 2.30. The first kappa shape index (κ1) is 11.5. The van der Waals surface area contributed by atoms with Crippen molar-refractivity contribution < 1.29 is 0 Å². The van der Waals surface area contributed by atoms with Gasteiger partial charge in [0.15, 0.2) is 5.82 Å². The predicted molar refractivity (Wildman–Crippen MR) is 66.6 cm³/mol. The van der Waals surface area contributed by atoms with E-state index in [2.05, 4.69) is 28.7 Å². The molecule has 0 saturated carbocycles. The minimum atomic E-state index is 0.261. The number of halogens is 1. The van der Waals surface area contributed by atoms with Gasteiger partial charge in [0.25, 0.3) is 0 Å². The Morgan fingerprint density at radius 2 is 2.31 bits per heavy atom. The Kier molecular flexibility index (Phi) is 3.19. The van der Waals surface area contributed by atoms with Gasteiger partial charge in [-0.1, -0.05) is 13.8 Å². The summed E-state index contributed by atoms with van der Waals surface area (Å²) in [4.78, 5) is 10.3. The molecule has 1 aliphatic heterocycles. The molecule has 1 aromatic heterocycles. The molecule has 88 valence electrons. The molecule has 1 saturated heterocycles. The van der Waals surface area contributed by atoms with Crippen molar-refractivity contribution >= 4 is 23.1 Å². The van der Waals surface area contributed by atoms with Crippen LogP contribution < -0.4 is 10.6 Å². The van der Waals surface area contributed by atoms with Gasteiger partial charge in [-0.2, -0.15) is 4.98 Å². The van der Waals surface area contributed by atoms with Crippen LogP contribution in [0.2, 0.25) is 5.28 Å². The lowest BCUT2D eigenvalue weighted by Gasteiger charge is -2.20. The fourth-order valence-corrected chi connectivity index (χ4v) is 2.27. The Morgan fingerprint density at radius 1 is 1.56 bits per heavy atom. The highest BCUT2D eigenvalue weighted by molar-refractivity contribution is 6.28. The summed E-state index contributed by atoms with van der Waals surface area (Å²) < 4.78 is 0. The third-order valence-electron chi connectivity index (χ3n) is 3.23. The molecule has 1 fully saturated rings. The molecule has 1 aromatic rings. The van der Waals surface area contributed by atoms with Gasteiger partial charge < -0.3 is 10.6 Å². The maximum absolute atomic E-state index is 5.87. The monoisotopic (exact) mass is 240 g/mol. The summed E-state index contributed by atoms with van der Waals surface area (Å²) in [7, 11) is 0. The maximum atomic E-state index is 5.87. The van der Waals surface area contributed by atoms with Crippen molar-refractivity contribution in [3.05, 3.63) is 11.5 Å². The SMILES string of the molecule is CC(C)C1CCN(c2nc(Cl)ncc2N)C1. The van der Waals surface area contributed by atoms with E-state index < -0.39 is 0 Å². The Morgan fingerprint density at radius 3 is 2.94 bits per heavy atom. The lowest BCUT2D eigenvalue weighted by atomic mass is 9.95. The minimum Gasteiger partial charge on any atom is -0.394 e. The van der Waals surface area contributed by atoms with E-state index in [0.29, 0.717) is 17.5 Å². The molecular weight excluding hydrogens is 224 g/mol. The maximum Gasteiger partial charge on any atom is 0.224 e. The second kappa shape index (κ2) is 4.45. The smallest absolute Gasteiger partial charge is 0.224 e. The molecule has 0 bridgehead atoms. The van der Waals surface area contributed by atoms with E-state index in [9.17, 15) is 0 Å². The zero-order chi connectivity index (χ0) is 11.7. The summed E-state index contributed by atoms with van der Waals surface area (Å²) >= 11 is 5.79. The molecule has 1 aliphatic rings. The Bertz CT molecular complexity index is 380. The van der Waals surface area contributed by atoms with Crippen molar-refractivity contribution in [3.63, 3.8) is 0 Å². The van der Waals surface area contributed by atoms with Crippen LogP contribution in [-0.4, -0.2) is 23.1 Å². The van der Waals surface area contributed by atoms with Crippen LogP contribution in [0.3, 0.4) is 0 Å². The van der Waals surface area contributed by atoms with E-state index in [1.807, 2.05) is 0 Å². The summed E-state index contributed by atoms with van der Waals surface area (Å²) in [6.45, 7) is 6.52. The van der Waals surface area contributed by atoms with Crippen molar-refractivity contribution in [1.82, 2.24) is 9.97 Å². The van der Waals surface area contributed by atoms with E-state index >= 15 is 0 Å². The standard InChI is InChI=1S/C11H17ClN4/c1-7(2)8-3-4-16(6-8)10-9(13)5-14-11(12)15-10/h5,7-8H,3-4,6,13H2,1-2H3. The van der Waals surface area contributed by atoms with Crippen LogP contribution in [0.15, 0.2) is 6.20 Å². The van der Waals surface area contributed by atoms with Crippen molar-refractivity contribution in [1.29, 1.82) is 0 Å². The molecule has 2 rings (SSSR count). The van der Waals surface area contributed by atoms with Gasteiger partial charge >= 0.3 is 0 Å². The molecule has 16 heavy (non-hydrogen) atoms. The minimum absolute atomic E-state index is 0.261. The summed E-state index contributed by atoms with van der Waals surface area (Å²) in [5.41, 5.74) is 6.47. The first-order valence-electron chi connectivity index (χ1n) is 5.61. The topological polar surface area (TPSA) is 55.0 Å². The van der Waals surface area contributed by atoms with Crippen LogP contribution in [0.1, 0.15) is 20.3 Å². The number of aromatic nitrogens is 2. The lowest BCUT2D eigenvalue weighted by Crippen LogP contribution is -2.23. The number of rotatable bonds is 2. The van der Waals surface area contributed by atoms with Crippen LogP contribution in [-0.2, 0) is 0 Å². The van der Waals surface area contributed by atoms with Gasteiger partial charge in [0.05, 0.1) is 11.9 Å². The Hall–Kier alpha value is -1.03. The Balaban J connectivity index is 2.17. The van der Waals surface area contributed by atoms with Crippen LogP contribution in [0.5, 0.6) is 0 Å². The molecule has 4 nitrogen and oxygen atoms in total. The van der Waals surface area contributed by atoms with Crippen LogP contribution >= 0.6 is 11.6 Å². The van der Waals surface area contributed by atoms with Gasteiger partial charge in [0.1, 0.15) is 0 Å². The number of nitrogens with zero attached hydrogens (tertiary/aromatic N) is 3. The molecule has 0 radical (unpaired) electrons. The summed E-state index contributed by atoms with van der Waals surface area (Å²) in [5.74, 6) is 2.19. The largest absolute Gasteiger partial charge is 0.394 e. The van der Waals surface area contributed by atoms with E-state index in [-0.39, 0.29) is 5.28 Å². The van der Waals surface area contributed by atoms with E-state index in [1.54, 1.807) is 6.20 Å². The molecule has 0 amide bonds. The van der Waals surface area contributed by atoms with Gasteiger partial charge in [-0.15, -0.1) is 0 Å². The van der Waals surface area contributed by atoms with Crippen molar-refractivity contribution in [2.24, 2.45) is 11.8 Å². The van der Waals surface area contributed by atoms with E-state index in [0.717, 1.165) is 18.9 Å². The van der Waals surface area contributed by atoms with Gasteiger partial charge in [-0.05, 0) is 29.9 Å². The molecule has 1 atom stereocenters. The summed E-state index contributed by atoms with van der Waals surface area (Å²) in [6.07, 6.45) is 2.77. The average molecular weight is 241 g/mol. The second-order valence-electron chi connectivity index (χ2n) is 4.66. The fraction of sp³-hybridized carbons (Fsp3) is 0.636. The van der Waals surface area contributed by atoms with Crippen LogP contribution in [0.25, 0.3) is 0 Å². The molecular formula is C11H17ClN4. The zero-order valence-electron chi connectivity index (χ0n) is 9.65. The number of nitrogens with two attached hydrogens (primary N) is 1. The molecule has 2 heterocycles. The van der Waals surface area contributed by atoms with Crippen molar-refractivity contribution in [3.8, 4) is 0 Å². The quantitative estimate of drug-likeness (QED) is 0.806. The van der Waals surface area contributed by atoms with E-state index in [1.165, 1.54) is 6.42 Å². The first-order chi connectivity index (χ1) is 7.58. The molecule has 1 unspecified atom stereocenters. The van der Waals surface area contributed by atoms with Gasteiger partial charge in [-0.25, -0.2) is 4.98 Å². The number of nitrogen functional groups attached to an aromatic ring is 1. The summed E-state index contributed by atoms with van der Waals surface area (Å²) in [5, 5.41) is 0.261. The van der Waals surface area contributed by atoms with Crippen LogP contribution in [0.4, 0.5) is 11.5 Å². The Labute approximate surface area is 101 Å². The van der Waals surface area contributed by atoms with Crippen molar-refractivity contribution in [2.75, 3.05) is 23.7 Å². The molecule has 0 aromatic carbocycles. The molecule has 5 heteroatoms. The summed E-state index contributed by atoms with van der Waals surface area (Å²) in [6, 6.07) is 0. The van der Waals surface area contributed by atoms with E-state index in [4.69, 9.17) is 17.3 Å². The molecule has 0 aliphatic carbocycles. The predicted octanol–water partition coefficient (Wildman–Crippen LogP) is 2.19. The normalized spacial score (nSPS) is 20.8. The van der Waals surface area contributed by atoms with Gasteiger partial charge in [0, 0.05) is 13.1 Å². The highest BCUT2D eigenvalue weighted by Gasteiger charge is 2.26. The third kappa shape index (κ3) is 2.21. The number of hydrogen-bond acceptors (Lipinski definition) is 4. The molecule has 2 N–H and O–H groups in total. The van der Waals surface area contributed by atoms with Crippen molar-refractivity contribution in [2.45, 2.75) is 20.3 Å². The lowest BCUT2D eigenvalue weighted by molar-refractivity contribution is 0.422. The fourth-order valence-electron chi connectivity index (χ4n) is 2.14.